The molecule has 2 aromatic heterocycles. The molecule has 0 bridgehead atoms. The molecule has 4 nitrogen and oxygen atoms in total. The maximum absolute atomic E-state index is 5.34. The lowest BCUT2D eigenvalue weighted by Crippen LogP contribution is -2.01. The highest BCUT2D eigenvalue weighted by Gasteiger charge is 2.21. The molecule has 312 valence electrons. The van der Waals surface area contributed by atoms with Gasteiger partial charge in [0.25, 0.3) is 0 Å². The summed E-state index contributed by atoms with van der Waals surface area (Å²) in [6.07, 6.45) is 0. The molecule has 0 fully saturated rings. The normalized spacial score (nSPS) is 11.6. The fourth-order valence-corrected chi connectivity index (χ4v) is 10.1. The van der Waals surface area contributed by atoms with Gasteiger partial charge in [-0.05, 0) is 96.0 Å². The largest absolute Gasteiger partial charge is 0.309 e. The van der Waals surface area contributed by atoms with Crippen molar-refractivity contribution < 1.29 is 0 Å². The van der Waals surface area contributed by atoms with Crippen LogP contribution < -0.4 is 0 Å². The number of hydrogen-bond donors (Lipinski definition) is 0. The number of aromatic nitrogens is 4. The number of fused-ring (bicyclic) bond motifs is 7. The van der Waals surface area contributed by atoms with E-state index in [4.69, 9.17) is 15.0 Å². The smallest absolute Gasteiger partial charge is 0.164 e. The summed E-state index contributed by atoms with van der Waals surface area (Å²) in [4.78, 5) is 15.9. The van der Waals surface area contributed by atoms with Crippen LogP contribution in [0.15, 0.2) is 243 Å². The quantitative estimate of drug-likeness (QED) is 0.118. The summed E-state index contributed by atoms with van der Waals surface area (Å²) in [5.41, 5.74) is 13.0. The van der Waals surface area contributed by atoms with E-state index in [0.717, 1.165) is 66.4 Å². The Labute approximate surface area is 387 Å². The number of para-hydroxylation sites is 2. The SMILES string of the molecule is c1ccc(-c2ccccc2-c2nc(-c3ccc(-c4ccc(-c5c6ccccc6cc6c5ccc5ccccc56)cc4)cc3)nc(-c3cccc4c3c3ccccc3n4-c3ccccc3)n2)cc1. The zero-order valence-electron chi connectivity index (χ0n) is 36.4. The third kappa shape index (κ3) is 6.57. The molecule has 67 heavy (non-hydrogen) atoms. The molecule has 0 aliphatic heterocycles. The predicted molar refractivity (Wildman–Crippen MR) is 279 cm³/mol. The van der Waals surface area contributed by atoms with Crippen molar-refractivity contribution in [1.29, 1.82) is 0 Å². The zero-order valence-corrected chi connectivity index (χ0v) is 36.4. The van der Waals surface area contributed by atoms with Gasteiger partial charge in [-0.3, -0.25) is 0 Å². The van der Waals surface area contributed by atoms with Gasteiger partial charge in [-0.15, -0.1) is 0 Å². The average Bonchev–Trinajstić information content (AvgIpc) is 3.75. The first-order valence-corrected chi connectivity index (χ1v) is 22.8. The topological polar surface area (TPSA) is 43.6 Å². The molecule has 0 unspecified atom stereocenters. The second-order valence-electron chi connectivity index (χ2n) is 17.1. The van der Waals surface area contributed by atoms with Crippen molar-refractivity contribution >= 4 is 54.1 Å². The van der Waals surface area contributed by atoms with Crippen molar-refractivity contribution in [2.75, 3.05) is 0 Å². The third-order valence-electron chi connectivity index (χ3n) is 13.3. The summed E-state index contributed by atoms with van der Waals surface area (Å²) >= 11 is 0. The van der Waals surface area contributed by atoms with E-state index in [9.17, 15) is 0 Å². The van der Waals surface area contributed by atoms with Gasteiger partial charge in [-0.1, -0.05) is 212 Å². The molecule has 13 aromatic rings. The molecule has 2 heterocycles. The molecular weight excluding hydrogens is 813 g/mol. The van der Waals surface area contributed by atoms with Crippen LogP contribution >= 0.6 is 0 Å². The Morgan fingerprint density at radius 1 is 0.269 bits per heavy atom. The molecule has 0 radical (unpaired) electrons. The van der Waals surface area contributed by atoms with Crippen LogP contribution in [-0.4, -0.2) is 19.5 Å². The van der Waals surface area contributed by atoms with E-state index in [-0.39, 0.29) is 0 Å². The first kappa shape index (κ1) is 38.5. The lowest BCUT2D eigenvalue weighted by Gasteiger charge is -2.15. The van der Waals surface area contributed by atoms with Crippen molar-refractivity contribution in [2.24, 2.45) is 0 Å². The molecule has 0 aliphatic carbocycles. The fourth-order valence-electron chi connectivity index (χ4n) is 10.1. The number of rotatable bonds is 7. The molecule has 0 saturated heterocycles. The first-order chi connectivity index (χ1) is 33.2. The Morgan fingerprint density at radius 2 is 0.806 bits per heavy atom. The van der Waals surface area contributed by atoms with Gasteiger partial charge in [-0.25, -0.2) is 15.0 Å². The van der Waals surface area contributed by atoms with Crippen LogP contribution in [0.25, 0.3) is 127 Å². The van der Waals surface area contributed by atoms with Crippen LogP contribution in [0.2, 0.25) is 0 Å². The summed E-state index contributed by atoms with van der Waals surface area (Å²) in [5, 5.41) is 9.79. The van der Waals surface area contributed by atoms with Crippen LogP contribution in [0.4, 0.5) is 0 Å². The minimum absolute atomic E-state index is 0.615. The molecular formula is C63H40N4. The van der Waals surface area contributed by atoms with E-state index >= 15 is 0 Å². The molecule has 11 aromatic carbocycles. The van der Waals surface area contributed by atoms with Gasteiger partial charge in [0.05, 0.1) is 11.0 Å². The van der Waals surface area contributed by atoms with Gasteiger partial charge in [0.2, 0.25) is 0 Å². The zero-order chi connectivity index (χ0) is 44.3. The second kappa shape index (κ2) is 15.9. The standard InChI is InChI=1S/C63H40N4/c1-3-16-43(17-4-1)49-22-11-12-25-53(49)62-64-61(65-63(66-62)55-27-15-29-58-60(55)54-26-13-14-28-57(54)67(58)48-20-5-2-6-21-48)46-36-32-42(33-37-46)41-30-34-45(35-31-41)59-51-24-10-8-19-47(51)40-56-50-23-9-7-18-44(50)38-39-52(56)59/h1-40H. The van der Waals surface area contributed by atoms with Crippen molar-refractivity contribution in [2.45, 2.75) is 0 Å². The molecule has 13 rings (SSSR count). The molecule has 0 N–H and O–H groups in total. The first-order valence-electron chi connectivity index (χ1n) is 22.8. The average molecular weight is 853 g/mol. The Balaban J connectivity index is 0.935. The molecule has 4 heteroatoms. The summed E-state index contributed by atoms with van der Waals surface area (Å²) in [6.45, 7) is 0. The van der Waals surface area contributed by atoms with Crippen LogP contribution in [0.3, 0.4) is 0 Å². The van der Waals surface area contributed by atoms with Gasteiger partial charge in [0, 0.05) is 33.2 Å². The van der Waals surface area contributed by atoms with E-state index in [1.54, 1.807) is 0 Å². The predicted octanol–water partition coefficient (Wildman–Crippen LogP) is 16.4. The highest BCUT2D eigenvalue weighted by molar-refractivity contribution is 6.20. The molecule has 0 atom stereocenters. The van der Waals surface area contributed by atoms with E-state index in [1.807, 2.05) is 6.07 Å². The Hall–Kier alpha value is -8.99. The van der Waals surface area contributed by atoms with Crippen molar-refractivity contribution in [3.05, 3.63) is 243 Å². The third-order valence-corrected chi connectivity index (χ3v) is 13.3. The highest BCUT2D eigenvalue weighted by atomic mass is 15.0. The van der Waals surface area contributed by atoms with Gasteiger partial charge < -0.3 is 4.57 Å². The van der Waals surface area contributed by atoms with Gasteiger partial charge in [0.15, 0.2) is 17.5 Å². The maximum Gasteiger partial charge on any atom is 0.164 e. The summed E-state index contributed by atoms with van der Waals surface area (Å²) in [5.74, 6) is 1.86. The minimum atomic E-state index is 0.615. The number of hydrogen-bond acceptors (Lipinski definition) is 3. The van der Waals surface area contributed by atoms with Crippen molar-refractivity contribution in [3.63, 3.8) is 0 Å². The fraction of sp³-hybridized carbons (Fsp3) is 0. The number of nitrogens with zero attached hydrogens (tertiary/aromatic N) is 4. The lowest BCUT2D eigenvalue weighted by molar-refractivity contribution is 1.08. The minimum Gasteiger partial charge on any atom is -0.309 e. The Morgan fingerprint density at radius 3 is 1.57 bits per heavy atom. The summed E-state index contributed by atoms with van der Waals surface area (Å²) in [7, 11) is 0. The van der Waals surface area contributed by atoms with E-state index in [0.29, 0.717) is 17.5 Å². The maximum atomic E-state index is 5.34. The lowest BCUT2D eigenvalue weighted by atomic mass is 9.89. The second-order valence-corrected chi connectivity index (χ2v) is 17.1. The van der Waals surface area contributed by atoms with E-state index in [2.05, 4.69) is 241 Å². The Bertz CT molecular complexity index is 4010. The van der Waals surface area contributed by atoms with Crippen molar-refractivity contribution in [3.8, 4) is 73.2 Å². The van der Waals surface area contributed by atoms with Crippen LogP contribution in [0, 0.1) is 0 Å². The number of benzene rings is 11. The van der Waals surface area contributed by atoms with Crippen molar-refractivity contribution in [1.82, 2.24) is 19.5 Å². The van der Waals surface area contributed by atoms with E-state index < -0.39 is 0 Å². The molecule has 0 saturated carbocycles. The van der Waals surface area contributed by atoms with Crippen LogP contribution in [-0.2, 0) is 0 Å². The monoisotopic (exact) mass is 852 g/mol. The summed E-state index contributed by atoms with van der Waals surface area (Å²) < 4.78 is 2.33. The van der Waals surface area contributed by atoms with Gasteiger partial charge >= 0.3 is 0 Å². The van der Waals surface area contributed by atoms with Gasteiger partial charge in [0.1, 0.15) is 0 Å². The molecule has 0 aliphatic rings. The van der Waals surface area contributed by atoms with Gasteiger partial charge in [-0.2, -0.15) is 0 Å². The summed E-state index contributed by atoms with van der Waals surface area (Å²) in [6, 6.07) is 86.4. The highest BCUT2D eigenvalue weighted by Crippen LogP contribution is 2.42. The molecule has 0 spiro atoms. The Kier molecular flexibility index (Phi) is 9.14. The van der Waals surface area contributed by atoms with E-state index in [1.165, 1.54) is 43.4 Å². The van der Waals surface area contributed by atoms with Crippen LogP contribution in [0.1, 0.15) is 0 Å². The molecule has 0 amide bonds. The van der Waals surface area contributed by atoms with Crippen LogP contribution in [0.5, 0.6) is 0 Å².